The third-order valence-corrected chi connectivity index (χ3v) is 8.63. The van der Waals surface area contributed by atoms with E-state index in [1.807, 2.05) is 0 Å². The van der Waals surface area contributed by atoms with Crippen LogP contribution >= 0.6 is 0 Å². The SMILES string of the molecule is C=C[Si](C)(CC(=C)C[Si](C)(C)C)c1ccccc1. The van der Waals surface area contributed by atoms with Crippen LogP contribution in [-0.2, 0) is 0 Å². The summed E-state index contributed by atoms with van der Waals surface area (Å²) in [6, 6.07) is 13.2. The van der Waals surface area contributed by atoms with E-state index in [0.717, 1.165) is 6.04 Å². The Balaban J connectivity index is 2.85. The lowest BCUT2D eigenvalue weighted by Gasteiger charge is -2.27. The van der Waals surface area contributed by atoms with E-state index in [2.05, 4.69) is 75.4 Å². The van der Waals surface area contributed by atoms with Crippen molar-refractivity contribution in [3.63, 3.8) is 0 Å². The van der Waals surface area contributed by atoms with Crippen molar-refractivity contribution in [2.24, 2.45) is 0 Å². The van der Waals surface area contributed by atoms with Gasteiger partial charge < -0.3 is 0 Å². The van der Waals surface area contributed by atoms with Gasteiger partial charge in [-0.2, -0.15) is 0 Å². The van der Waals surface area contributed by atoms with Gasteiger partial charge in [-0.15, -0.1) is 13.2 Å². The van der Waals surface area contributed by atoms with Gasteiger partial charge in [-0.3, -0.25) is 0 Å². The zero-order valence-electron chi connectivity index (χ0n) is 12.3. The maximum atomic E-state index is 4.32. The van der Waals surface area contributed by atoms with Crippen LogP contribution in [-0.4, -0.2) is 16.1 Å². The van der Waals surface area contributed by atoms with Gasteiger partial charge in [-0.1, -0.05) is 73.0 Å². The molecular weight excluding hydrogens is 248 g/mol. The Morgan fingerprint density at radius 3 is 2.06 bits per heavy atom. The molecule has 1 aromatic carbocycles. The number of benzene rings is 1. The Morgan fingerprint density at radius 1 is 1.06 bits per heavy atom. The first-order valence-electron chi connectivity index (χ1n) is 6.63. The van der Waals surface area contributed by atoms with E-state index in [4.69, 9.17) is 0 Å². The summed E-state index contributed by atoms with van der Waals surface area (Å²) in [6.45, 7) is 18.0. The van der Waals surface area contributed by atoms with Gasteiger partial charge in [0.2, 0.25) is 0 Å². The normalized spacial score (nSPS) is 14.9. The molecule has 1 rings (SSSR count). The smallest absolute Gasteiger partial charge is 0.107 e. The highest BCUT2D eigenvalue weighted by Gasteiger charge is 2.27. The summed E-state index contributed by atoms with van der Waals surface area (Å²) in [4.78, 5) is 0. The molecule has 0 amide bonds. The van der Waals surface area contributed by atoms with E-state index < -0.39 is 16.1 Å². The van der Waals surface area contributed by atoms with E-state index in [1.54, 1.807) is 0 Å². The van der Waals surface area contributed by atoms with Gasteiger partial charge in [0.25, 0.3) is 0 Å². The Bertz CT molecular complexity index is 414. The predicted octanol–water partition coefficient (Wildman–Crippen LogP) is 4.59. The molecule has 1 aromatic rings. The Labute approximate surface area is 114 Å². The maximum absolute atomic E-state index is 4.32. The van der Waals surface area contributed by atoms with Crippen LogP contribution in [0.4, 0.5) is 0 Å². The Morgan fingerprint density at radius 2 is 1.61 bits per heavy atom. The summed E-state index contributed by atoms with van der Waals surface area (Å²) in [6.07, 6.45) is 0. The van der Waals surface area contributed by atoms with E-state index in [9.17, 15) is 0 Å². The highest BCUT2D eigenvalue weighted by molar-refractivity contribution is 6.95. The predicted molar refractivity (Wildman–Crippen MR) is 90.0 cm³/mol. The summed E-state index contributed by atoms with van der Waals surface area (Å²) in [7, 11) is -2.62. The van der Waals surface area contributed by atoms with E-state index in [1.165, 1.54) is 16.8 Å². The monoisotopic (exact) mass is 274 g/mol. The maximum Gasteiger partial charge on any atom is 0.110 e. The van der Waals surface area contributed by atoms with Crippen LogP contribution in [0.15, 0.2) is 54.8 Å². The van der Waals surface area contributed by atoms with E-state index in [0.29, 0.717) is 0 Å². The van der Waals surface area contributed by atoms with Crippen LogP contribution in [0.25, 0.3) is 0 Å². The molecule has 1 unspecified atom stereocenters. The first kappa shape index (κ1) is 15.2. The zero-order valence-corrected chi connectivity index (χ0v) is 14.3. The van der Waals surface area contributed by atoms with Gasteiger partial charge in [0.1, 0.15) is 8.07 Å². The van der Waals surface area contributed by atoms with Crippen LogP contribution in [0.5, 0.6) is 0 Å². The molecule has 2 heteroatoms. The van der Waals surface area contributed by atoms with Crippen molar-refractivity contribution in [3.8, 4) is 0 Å². The summed E-state index contributed by atoms with van der Waals surface area (Å²) in [5.41, 5.74) is 3.63. The van der Waals surface area contributed by atoms with Gasteiger partial charge in [0, 0.05) is 8.07 Å². The van der Waals surface area contributed by atoms with Crippen molar-refractivity contribution in [1.29, 1.82) is 0 Å². The number of hydrogen-bond donors (Lipinski definition) is 0. The second-order valence-electron chi connectivity index (χ2n) is 6.65. The van der Waals surface area contributed by atoms with Crippen LogP contribution in [0, 0.1) is 0 Å². The minimum absolute atomic E-state index is 1.05. The standard InChI is InChI=1S/C16H26Si2/c1-7-18(6,16-11-9-8-10-12-16)14-15(2)13-17(3,4)5/h7-12H,1-2,13-14H2,3-6H3. The van der Waals surface area contributed by atoms with Gasteiger partial charge in [-0.25, -0.2) is 0 Å². The molecule has 0 nitrogen and oxygen atoms in total. The lowest BCUT2D eigenvalue weighted by molar-refractivity contribution is 1.29. The molecule has 0 N–H and O–H groups in total. The molecular formula is C16H26Si2. The Kier molecular flexibility index (Phi) is 4.94. The zero-order chi connectivity index (χ0) is 13.8. The summed E-state index contributed by atoms with van der Waals surface area (Å²) in [5, 5.41) is 1.47. The van der Waals surface area contributed by atoms with Crippen LogP contribution < -0.4 is 5.19 Å². The van der Waals surface area contributed by atoms with E-state index >= 15 is 0 Å². The average molecular weight is 275 g/mol. The first-order valence-corrected chi connectivity index (χ1v) is 13.1. The third-order valence-electron chi connectivity index (χ3n) is 3.28. The summed E-state index contributed by atoms with van der Waals surface area (Å²) >= 11 is 0. The molecule has 0 spiro atoms. The molecule has 0 aromatic heterocycles. The van der Waals surface area contributed by atoms with Crippen molar-refractivity contribution < 1.29 is 0 Å². The van der Waals surface area contributed by atoms with Crippen molar-refractivity contribution >= 4 is 21.3 Å². The second-order valence-corrected chi connectivity index (χ2v) is 16.3. The minimum atomic E-state index is -1.58. The fourth-order valence-electron chi connectivity index (χ4n) is 2.44. The van der Waals surface area contributed by atoms with Gasteiger partial charge >= 0.3 is 0 Å². The number of rotatable bonds is 6. The fraction of sp³-hybridized carbons (Fsp3) is 0.375. The highest BCUT2D eigenvalue weighted by Crippen LogP contribution is 2.24. The molecule has 0 radical (unpaired) electrons. The molecule has 98 valence electrons. The largest absolute Gasteiger partial charge is 0.110 e. The molecule has 0 aliphatic carbocycles. The average Bonchev–Trinajstić information content (AvgIpc) is 2.27. The molecule has 0 fully saturated rings. The molecule has 18 heavy (non-hydrogen) atoms. The Hall–Kier alpha value is -0.866. The van der Waals surface area contributed by atoms with Crippen molar-refractivity contribution in [2.45, 2.75) is 38.3 Å². The number of allylic oxidation sites excluding steroid dienone is 1. The van der Waals surface area contributed by atoms with Crippen molar-refractivity contribution in [3.05, 3.63) is 54.8 Å². The van der Waals surface area contributed by atoms with Gasteiger partial charge in [0.15, 0.2) is 0 Å². The quantitative estimate of drug-likeness (QED) is 0.526. The lowest BCUT2D eigenvalue weighted by atomic mass is 10.4. The molecule has 0 saturated heterocycles. The van der Waals surface area contributed by atoms with Crippen molar-refractivity contribution in [2.75, 3.05) is 0 Å². The van der Waals surface area contributed by atoms with Crippen LogP contribution in [0.3, 0.4) is 0 Å². The topological polar surface area (TPSA) is 0 Å². The molecule has 0 saturated carbocycles. The lowest BCUT2D eigenvalue weighted by Crippen LogP contribution is -2.43. The minimum Gasteiger partial charge on any atom is -0.107 e. The van der Waals surface area contributed by atoms with Gasteiger partial charge in [-0.05, 0) is 12.1 Å². The third kappa shape index (κ3) is 4.43. The highest BCUT2D eigenvalue weighted by atomic mass is 28.3. The first-order chi connectivity index (χ1) is 8.27. The van der Waals surface area contributed by atoms with Gasteiger partial charge in [0.05, 0.1) is 0 Å². The fourth-order valence-corrected chi connectivity index (χ4v) is 7.02. The summed E-state index contributed by atoms with van der Waals surface area (Å²) in [5.74, 6) is 0. The van der Waals surface area contributed by atoms with E-state index in [-0.39, 0.29) is 0 Å². The molecule has 0 aliphatic heterocycles. The molecule has 1 atom stereocenters. The van der Waals surface area contributed by atoms with Crippen LogP contribution in [0.1, 0.15) is 0 Å². The summed E-state index contributed by atoms with van der Waals surface area (Å²) < 4.78 is 0. The molecule has 0 bridgehead atoms. The van der Waals surface area contributed by atoms with Crippen LogP contribution in [0.2, 0.25) is 38.3 Å². The van der Waals surface area contributed by atoms with Crippen molar-refractivity contribution in [1.82, 2.24) is 0 Å². The molecule has 0 aliphatic rings. The number of hydrogen-bond acceptors (Lipinski definition) is 0. The second kappa shape index (κ2) is 5.85. The molecule has 0 heterocycles.